The Morgan fingerprint density at radius 2 is 1.54 bits per heavy atom. The van der Waals surface area contributed by atoms with Gasteiger partial charge in [0.15, 0.2) is 29.6 Å². The highest BCUT2D eigenvalue weighted by Gasteiger charge is 2.46. The fourth-order valence-electron chi connectivity index (χ4n) is 2.93. The van der Waals surface area contributed by atoms with Crippen LogP contribution in [0.15, 0.2) is 42.5 Å². The smallest absolute Gasteiger partial charge is 0.258 e. The van der Waals surface area contributed by atoms with Gasteiger partial charge in [-0.2, -0.15) is 0 Å². The second-order valence-electron chi connectivity index (χ2n) is 6.14. The maximum atomic E-state index is 12.4. The molecule has 0 heterocycles. The average molecular weight is 357 g/mol. The molecule has 0 unspecified atom stereocenters. The lowest BCUT2D eigenvalue weighted by molar-refractivity contribution is -0.124. The van der Waals surface area contributed by atoms with Gasteiger partial charge < -0.3 is 24.3 Å². The third-order valence-electron chi connectivity index (χ3n) is 4.49. The standard InChI is InChI=1S/C20H23NO5/c1-23-15-6-4-5-7-17(15)26-13-19(22)21-20(10-11-20)14-8-9-16(24-2)18(12-14)25-3/h4-9,12H,10-11,13H2,1-3H3,(H,21,22). The number of ether oxygens (including phenoxy) is 4. The zero-order chi connectivity index (χ0) is 18.6. The van der Waals surface area contributed by atoms with Gasteiger partial charge in [0.2, 0.25) is 0 Å². The minimum Gasteiger partial charge on any atom is -0.493 e. The van der Waals surface area contributed by atoms with Crippen LogP contribution in [0.2, 0.25) is 0 Å². The van der Waals surface area contributed by atoms with E-state index in [-0.39, 0.29) is 18.1 Å². The molecule has 138 valence electrons. The van der Waals surface area contributed by atoms with Gasteiger partial charge in [-0.1, -0.05) is 18.2 Å². The molecule has 0 aliphatic heterocycles. The fraction of sp³-hybridized carbons (Fsp3) is 0.350. The molecule has 1 N–H and O–H groups in total. The first kappa shape index (κ1) is 17.9. The number of para-hydroxylation sites is 2. The molecule has 1 aliphatic rings. The van der Waals surface area contributed by atoms with Crippen molar-refractivity contribution < 1.29 is 23.7 Å². The lowest BCUT2D eigenvalue weighted by atomic mass is 10.0. The molecule has 0 saturated heterocycles. The molecule has 6 nitrogen and oxygen atoms in total. The number of carbonyl (C=O) groups is 1. The third kappa shape index (κ3) is 3.69. The Morgan fingerprint density at radius 1 is 0.923 bits per heavy atom. The van der Waals surface area contributed by atoms with Gasteiger partial charge in [-0.3, -0.25) is 4.79 Å². The number of nitrogens with one attached hydrogen (secondary N) is 1. The van der Waals surface area contributed by atoms with Crippen LogP contribution in [-0.2, 0) is 10.3 Å². The van der Waals surface area contributed by atoms with Crippen LogP contribution in [0.25, 0.3) is 0 Å². The second-order valence-corrected chi connectivity index (χ2v) is 6.14. The first-order valence-corrected chi connectivity index (χ1v) is 8.41. The van der Waals surface area contributed by atoms with Gasteiger partial charge in [-0.25, -0.2) is 0 Å². The van der Waals surface area contributed by atoms with E-state index >= 15 is 0 Å². The van der Waals surface area contributed by atoms with E-state index in [4.69, 9.17) is 18.9 Å². The van der Waals surface area contributed by atoms with Gasteiger partial charge in [-0.05, 0) is 42.7 Å². The van der Waals surface area contributed by atoms with Crippen molar-refractivity contribution in [2.45, 2.75) is 18.4 Å². The Labute approximate surface area is 153 Å². The van der Waals surface area contributed by atoms with Crippen molar-refractivity contribution in [1.82, 2.24) is 5.32 Å². The summed E-state index contributed by atoms with van der Waals surface area (Å²) in [5.41, 5.74) is 0.640. The number of methoxy groups -OCH3 is 3. The molecule has 1 fully saturated rings. The van der Waals surface area contributed by atoms with E-state index in [1.54, 1.807) is 33.5 Å². The number of rotatable bonds is 8. The molecule has 26 heavy (non-hydrogen) atoms. The highest BCUT2D eigenvalue weighted by atomic mass is 16.5. The number of benzene rings is 2. The summed E-state index contributed by atoms with van der Waals surface area (Å²) in [5.74, 6) is 2.28. The second kappa shape index (κ2) is 7.56. The monoisotopic (exact) mass is 357 g/mol. The number of hydrogen-bond acceptors (Lipinski definition) is 5. The zero-order valence-electron chi connectivity index (χ0n) is 15.2. The normalized spacial score (nSPS) is 14.3. The van der Waals surface area contributed by atoms with Crippen LogP contribution in [0.1, 0.15) is 18.4 Å². The molecule has 0 bridgehead atoms. The molecule has 0 radical (unpaired) electrons. The maximum absolute atomic E-state index is 12.4. The molecule has 1 aliphatic carbocycles. The minimum atomic E-state index is -0.360. The molecule has 0 aromatic heterocycles. The lowest BCUT2D eigenvalue weighted by Crippen LogP contribution is -2.38. The first-order valence-electron chi connectivity index (χ1n) is 8.41. The van der Waals surface area contributed by atoms with Gasteiger partial charge >= 0.3 is 0 Å². The number of hydrogen-bond donors (Lipinski definition) is 1. The number of amides is 1. The van der Waals surface area contributed by atoms with Gasteiger partial charge in [0.1, 0.15) is 0 Å². The highest BCUT2D eigenvalue weighted by Crippen LogP contribution is 2.47. The molecule has 2 aromatic carbocycles. The van der Waals surface area contributed by atoms with Crippen LogP contribution in [0.5, 0.6) is 23.0 Å². The van der Waals surface area contributed by atoms with E-state index in [0.717, 1.165) is 18.4 Å². The number of carbonyl (C=O) groups excluding carboxylic acids is 1. The Morgan fingerprint density at radius 3 is 2.15 bits per heavy atom. The zero-order valence-corrected chi connectivity index (χ0v) is 15.2. The van der Waals surface area contributed by atoms with E-state index in [2.05, 4.69) is 5.32 Å². The van der Waals surface area contributed by atoms with Crippen LogP contribution >= 0.6 is 0 Å². The minimum absolute atomic E-state index is 0.0740. The summed E-state index contributed by atoms with van der Waals surface area (Å²) in [6, 6.07) is 13.0. The quantitative estimate of drug-likeness (QED) is 0.787. The van der Waals surface area contributed by atoms with E-state index in [1.165, 1.54) is 0 Å². The van der Waals surface area contributed by atoms with Crippen LogP contribution in [0.3, 0.4) is 0 Å². The topological polar surface area (TPSA) is 66.0 Å². The summed E-state index contributed by atoms with van der Waals surface area (Å²) < 4.78 is 21.5. The molecule has 0 spiro atoms. The molecule has 1 amide bonds. The van der Waals surface area contributed by atoms with Crippen LogP contribution < -0.4 is 24.3 Å². The first-order chi connectivity index (χ1) is 12.6. The van der Waals surface area contributed by atoms with E-state index in [0.29, 0.717) is 23.0 Å². The van der Waals surface area contributed by atoms with Crippen LogP contribution in [0.4, 0.5) is 0 Å². The Hall–Kier alpha value is -2.89. The van der Waals surface area contributed by atoms with Crippen molar-refractivity contribution in [3.8, 4) is 23.0 Å². The van der Waals surface area contributed by atoms with Crippen molar-refractivity contribution in [2.24, 2.45) is 0 Å². The lowest BCUT2D eigenvalue weighted by Gasteiger charge is -2.20. The molecule has 2 aromatic rings. The summed E-state index contributed by atoms with van der Waals surface area (Å²) in [7, 11) is 4.76. The van der Waals surface area contributed by atoms with Gasteiger partial charge in [0, 0.05) is 0 Å². The van der Waals surface area contributed by atoms with E-state index in [1.807, 2.05) is 30.3 Å². The fourth-order valence-corrected chi connectivity index (χ4v) is 2.93. The summed E-state index contributed by atoms with van der Waals surface area (Å²) >= 11 is 0. The SMILES string of the molecule is COc1ccc(C2(NC(=O)COc3ccccc3OC)CC2)cc1OC. The molecule has 3 rings (SSSR count). The predicted molar refractivity (Wildman–Crippen MR) is 97.1 cm³/mol. The molecule has 0 atom stereocenters. The Bertz CT molecular complexity index is 786. The molecule has 6 heteroatoms. The van der Waals surface area contributed by atoms with E-state index in [9.17, 15) is 4.79 Å². The summed E-state index contributed by atoms with van der Waals surface area (Å²) in [6.07, 6.45) is 1.76. The van der Waals surface area contributed by atoms with Crippen molar-refractivity contribution in [1.29, 1.82) is 0 Å². The van der Waals surface area contributed by atoms with E-state index < -0.39 is 0 Å². The maximum Gasteiger partial charge on any atom is 0.258 e. The summed E-state index contributed by atoms with van der Waals surface area (Å²) in [6.45, 7) is -0.0740. The van der Waals surface area contributed by atoms with Gasteiger partial charge in [0.05, 0.1) is 26.9 Å². The average Bonchev–Trinajstić information content (AvgIpc) is 3.46. The van der Waals surface area contributed by atoms with Crippen molar-refractivity contribution in [3.63, 3.8) is 0 Å². The van der Waals surface area contributed by atoms with Crippen LogP contribution in [0, 0.1) is 0 Å². The largest absolute Gasteiger partial charge is 0.493 e. The molecule has 1 saturated carbocycles. The Kier molecular flexibility index (Phi) is 5.21. The summed E-state index contributed by atoms with van der Waals surface area (Å²) in [4.78, 5) is 12.4. The Balaban J connectivity index is 1.65. The van der Waals surface area contributed by atoms with Gasteiger partial charge in [0.25, 0.3) is 5.91 Å². The predicted octanol–water partition coefficient (Wildman–Crippen LogP) is 2.90. The van der Waals surface area contributed by atoms with Crippen molar-refractivity contribution >= 4 is 5.91 Å². The van der Waals surface area contributed by atoms with Crippen molar-refractivity contribution in [3.05, 3.63) is 48.0 Å². The van der Waals surface area contributed by atoms with Crippen molar-refractivity contribution in [2.75, 3.05) is 27.9 Å². The highest BCUT2D eigenvalue weighted by molar-refractivity contribution is 5.79. The molecular formula is C20H23NO5. The molecular weight excluding hydrogens is 334 g/mol. The van der Waals surface area contributed by atoms with Gasteiger partial charge in [-0.15, -0.1) is 0 Å². The third-order valence-corrected chi connectivity index (χ3v) is 4.49. The van der Waals surface area contributed by atoms with Crippen LogP contribution in [-0.4, -0.2) is 33.8 Å². The summed E-state index contributed by atoms with van der Waals surface area (Å²) in [5, 5.41) is 3.08.